The minimum atomic E-state index is -0.158. The number of aromatic nitrogens is 1. The quantitative estimate of drug-likeness (QED) is 0.556. The first-order chi connectivity index (χ1) is 18.6. The fourth-order valence-corrected chi connectivity index (χ4v) is 8.62. The first kappa shape index (κ1) is 26.3. The molecule has 1 amide bonds. The van der Waals surface area contributed by atoms with Crippen LogP contribution in [0.3, 0.4) is 0 Å². The van der Waals surface area contributed by atoms with Gasteiger partial charge in [0.15, 0.2) is 0 Å². The summed E-state index contributed by atoms with van der Waals surface area (Å²) in [6.45, 7) is 5.43. The van der Waals surface area contributed by atoms with Crippen LogP contribution in [0.2, 0.25) is 5.15 Å². The van der Waals surface area contributed by atoms with Crippen LogP contribution in [0.15, 0.2) is 42.5 Å². The molecular formula is C32H44ClN3O2+2. The summed E-state index contributed by atoms with van der Waals surface area (Å²) in [5, 5.41) is 3.02. The molecule has 2 saturated heterocycles. The second-order valence-corrected chi connectivity index (χ2v) is 12.6. The number of carbonyl (C=O) groups is 1. The van der Waals surface area contributed by atoms with Crippen molar-refractivity contribution in [1.82, 2.24) is 4.90 Å². The average molecular weight is 538 g/mol. The summed E-state index contributed by atoms with van der Waals surface area (Å²) in [6.07, 6.45) is 10.6. The Morgan fingerprint density at radius 1 is 1.11 bits per heavy atom. The third kappa shape index (κ3) is 4.80. The molecule has 1 aromatic carbocycles. The Bertz CT molecular complexity index is 1120. The Labute approximate surface area is 232 Å². The van der Waals surface area contributed by atoms with Crippen molar-refractivity contribution >= 4 is 17.5 Å². The number of nitrogens with zero attached hydrogens (tertiary/aromatic N) is 1. The zero-order valence-electron chi connectivity index (χ0n) is 22.8. The van der Waals surface area contributed by atoms with Crippen molar-refractivity contribution < 1.29 is 19.8 Å². The number of piperidine rings is 1. The lowest BCUT2D eigenvalue weighted by atomic mass is 9.64. The minimum Gasteiger partial charge on any atom is -0.367 e. The number of fused-ring (bicyclic) bond motifs is 2. The third-order valence-electron chi connectivity index (χ3n) is 10.3. The summed E-state index contributed by atoms with van der Waals surface area (Å²) in [5.74, 6) is 1.58. The van der Waals surface area contributed by atoms with E-state index in [1.165, 1.54) is 43.2 Å². The molecule has 38 heavy (non-hydrogen) atoms. The lowest BCUT2D eigenvalue weighted by Gasteiger charge is -2.47. The number of halogens is 1. The highest BCUT2D eigenvalue weighted by atomic mass is 35.5. The van der Waals surface area contributed by atoms with E-state index >= 15 is 0 Å². The molecule has 6 rings (SSSR count). The van der Waals surface area contributed by atoms with Crippen LogP contribution in [-0.4, -0.2) is 43.1 Å². The Hall–Kier alpha value is -1.95. The van der Waals surface area contributed by atoms with Crippen LogP contribution in [0.4, 0.5) is 0 Å². The fourth-order valence-electron chi connectivity index (χ4n) is 8.46. The van der Waals surface area contributed by atoms with Crippen molar-refractivity contribution in [2.24, 2.45) is 11.8 Å². The molecule has 2 aliphatic carbocycles. The number of hydrogen-bond acceptors (Lipinski definition) is 2. The first-order valence-corrected chi connectivity index (χ1v) is 15.5. The molecule has 6 heteroatoms. The zero-order chi connectivity index (χ0) is 26.1. The maximum Gasteiger partial charge on any atom is 0.273 e. The number of rotatable bonds is 5. The number of ether oxygens (including phenoxy) is 1. The van der Waals surface area contributed by atoms with Crippen LogP contribution in [0.5, 0.6) is 0 Å². The fraction of sp³-hybridized carbons (Fsp3) is 0.625. The summed E-state index contributed by atoms with van der Waals surface area (Å²) in [6, 6.07) is 15.5. The number of H-pyrrole nitrogens is 1. The molecule has 2 aliphatic heterocycles. The highest BCUT2D eigenvalue weighted by Gasteiger charge is 2.58. The molecule has 4 aliphatic rings. The molecule has 1 spiro atoms. The third-order valence-corrected chi connectivity index (χ3v) is 10.5. The van der Waals surface area contributed by atoms with Crippen molar-refractivity contribution in [2.75, 3.05) is 26.2 Å². The van der Waals surface area contributed by atoms with Crippen LogP contribution in [-0.2, 0) is 14.9 Å². The van der Waals surface area contributed by atoms with Gasteiger partial charge >= 0.3 is 0 Å². The largest absolute Gasteiger partial charge is 0.367 e. The van der Waals surface area contributed by atoms with E-state index in [4.69, 9.17) is 16.3 Å². The summed E-state index contributed by atoms with van der Waals surface area (Å²) in [5.41, 5.74) is 3.63. The zero-order valence-corrected chi connectivity index (χ0v) is 23.6. The van der Waals surface area contributed by atoms with E-state index in [1.807, 2.05) is 6.07 Å². The summed E-state index contributed by atoms with van der Waals surface area (Å²) < 4.78 is 6.13. The number of quaternary nitrogens is 1. The topological polar surface area (TPSA) is 60.3 Å². The van der Waals surface area contributed by atoms with Crippen LogP contribution >= 0.6 is 11.6 Å². The minimum absolute atomic E-state index is 0.00207. The number of nitrogens with one attached hydrogen (secondary N) is 1. The van der Waals surface area contributed by atoms with Crippen molar-refractivity contribution in [3.05, 3.63) is 64.4 Å². The number of aromatic amines is 1. The van der Waals surface area contributed by atoms with Crippen LogP contribution in [0, 0.1) is 11.8 Å². The molecule has 2 aromatic rings. The predicted octanol–water partition coefficient (Wildman–Crippen LogP) is 4.81. The van der Waals surface area contributed by atoms with E-state index in [1.54, 1.807) is 0 Å². The van der Waals surface area contributed by atoms with Crippen LogP contribution in [0.1, 0.15) is 93.6 Å². The molecule has 3 fully saturated rings. The van der Waals surface area contributed by atoms with Gasteiger partial charge in [-0.05, 0) is 80.5 Å². The van der Waals surface area contributed by atoms with E-state index in [9.17, 15) is 4.79 Å². The lowest BCUT2D eigenvalue weighted by molar-refractivity contribution is -0.640. The molecule has 3 heterocycles. The van der Waals surface area contributed by atoms with Gasteiger partial charge in [-0.2, -0.15) is 4.98 Å². The monoisotopic (exact) mass is 537 g/mol. The number of carbonyl (C=O) groups excluding carboxylic acids is 1. The normalized spacial score (nSPS) is 31.9. The number of nitrogens with two attached hydrogens (primary N) is 1. The van der Waals surface area contributed by atoms with Crippen molar-refractivity contribution in [1.29, 1.82) is 0 Å². The van der Waals surface area contributed by atoms with Gasteiger partial charge in [-0.3, -0.25) is 4.79 Å². The second kappa shape index (κ2) is 11.3. The number of amides is 1. The van der Waals surface area contributed by atoms with E-state index in [2.05, 4.69) is 58.5 Å². The molecule has 3 N–H and O–H groups in total. The molecule has 0 bridgehead atoms. The predicted molar refractivity (Wildman–Crippen MR) is 149 cm³/mol. The molecule has 204 valence electrons. The number of benzene rings is 1. The van der Waals surface area contributed by atoms with Gasteiger partial charge in [-0.1, -0.05) is 49.6 Å². The van der Waals surface area contributed by atoms with E-state index in [-0.39, 0.29) is 17.4 Å². The molecular weight excluding hydrogens is 494 g/mol. The highest BCUT2D eigenvalue weighted by Crippen LogP contribution is 2.48. The van der Waals surface area contributed by atoms with Crippen molar-refractivity contribution in [3.8, 4) is 0 Å². The number of hydrogen-bond donors (Lipinski definition) is 1. The van der Waals surface area contributed by atoms with Gasteiger partial charge in [0.05, 0.1) is 18.5 Å². The summed E-state index contributed by atoms with van der Waals surface area (Å²) in [7, 11) is 0. The van der Waals surface area contributed by atoms with Gasteiger partial charge in [-0.25, -0.2) is 0 Å². The summed E-state index contributed by atoms with van der Waals surface area (Å²) in [4.78, 5) is 20.5. The van der Waals surface area contributed by atoms with Crippen molar-refractivity contribution in [2.45, 2.75) is 88.2 Å². The van der Waals surface area contributed by atoms with Gasteiger partial charge in [0.25, 0.3) is 5.15 Å². The van der Waals surface area contributed by atoms with Gasteiger partial charge in [0, 0.05) is 30.8 Å². The van der Waals surface area contributed by atoms with Gasteiger partial charge in [0.2, 0.25) is 11.6 Å². The lowest BCUT2D eigenvalue weighted by Crippen LogP contribution is -2.82. The first-order valence-electron chi connectivity index (χ1n) is 15.1. The molecule has 1 saturated carbocycles. The van der Waals surface area contributed by atoms with E-state index in [0.29, 0.717) is 35.5 Å². The van der Waals surface area contributed by atoms with E-state index < -0.39 is 0 Å². The van der Waals surface area contributed by atoms with Crippen molar-refractivity contribution in [3.63, 3.8) is 0 Å². The molecule has 1 unspecified atom stereocenters. The van der Waals surface area contributed by atoms with E-state index in [0.717, 1.165) is 51.0 Å². The molecule has 5 atom stereocenters. The summed E-state index contributed by atoms with van der Waals surface area (Å²) >= 11 is 6.43. The van der Waals surface area contributed by atoms with Gasteiger partial charge < -0.3 is 15.0 Å². The second-order valence-electron chi connectivity index (χ2n) is 12.2. The van der Waals surface area contributed by atoms with Gasteiger partial charge in [0.1, 0.15) is 12.0 Å². The Balaban J connectivity index is 1.31. The maximum absolute atomic E-state index is 14.7. The number of likely N-dealkylation sites (tertiary alicyclic amines) is 1. The average Bonchev–Trinajstić information content (AvgIpc) is 3.39. The standard InChI is InChI=1S/C32H42ClN3O2/c1-2-38-28-15-17-32(25-13-14-29(33)35-30(25)28)21-34-20-26(32)31(37)36-18-16-24(22-9-5-3-6-10-22)19-27(36)23-11-7-4-8-12-23/h3,5-6,9-10,13-14,23-24,26-28,34H,2,4,7-8,11-12,15-21H2,1H3/p+2/t24-,26+,27+,28?,32+/m1/s1. The molecule has 1 aromatic heterocycles. The molecule has 0 radical (unpaired) electrons. The number of pyridine rings is 1. The highest BCUT2D eigenvalue weighted by molar-refractivity contribution is 6.28. The van der Waals surface area contributed by atoms with Crippen LogP contribution in [0.25, 0.3) is 0 Å². The molecule has 5 nitrogen and oxygen atoms in total. The Kier molecular flexibility index (Phi) is 7.79. The maximum atomic E-state index is 14.7. The SMILES string of the molecule is CCOC1CC[C@]2(C[NH2+]C[C@H]2C(=O)N2CC[C@@H](c3ccccc3)C[C@H]2C2CCCCC2)c2ccc(Cl)[nH+]c21. The Morgan fingerprint density at radius 2 is 1.92 bits per heavy atom. The Morgan fingerprint density at radius 3 is 2.71 bits per heavy atom. The smallest absolute Gasteiger partial charge is 0.273 e. The van der Waals surface area contributed by atoms with Gasteiger partial charge in [-0.15, -0.1) is 0 Å². The van der Waals surface area contributed by atoms with Crippen LogP contribution < -0.4 is 10.3 Å².